The first kappa shape index (κ1) is 27.5. The van der Waals surface area contributed by atoms with E-state index in [0.717, 1.165) is 15.8 Å². The molecule has 0 spiro atoms. The predicted octanol–water partition coefficient (Wildman–Crippen LogP) is 5.34. The Morgan fingerprint density at radius 1 is 0.975 bits per heavy atom. The molecule has 1 amide bonds. The Labute approximate surface area is 229 Å². The number of carbonyl (C=O) groups excluding carboxylic acids is 1. The number of nitrogens with one attached hydrogen (secondary N) is 1. The zero-order valence-corrected chi connectivity index (χ0v) is 22.8. The number of methoxy groups -OCH3 is 4. The molecule has 2 aliphatic rings. The van der Waals surface area contributed by atoms with E-state index in [1.165, 1.54) is 27.5 Å². The Balaban J connectivity index is 1.50. The maximum Gasteiger partial charge on any atom is 0.410 e. The van der Waals surface area contributed by atoms with Crippen molar-refractivity contribution in [2.24, 2.45) is 0 Å². The minimum atomic E-state index is -4.58. The van der Waals surface area contributed by atoms with Crippen molar-refractivity contribution >= 4 is 11.7 Å². The molecule has 5 rings (SSSR count). The first-order valence-corrected chi connectivity index (χ1v) is 12.8. The molecule has 0 radical (unpaired) electrons. The van der Waals surface area contributed by atoms with Crippen LogP contribution in [0.4, 0.5) is 19.0 Å². The SMILES string of the molecule is COc1ccc([C@H]2C[C@@H](C(F)(F)F)n3ncc(C(=O)N4CCc5cc(OC)c(OC)cc5C4C)c3N2)cc1OC. The summed E-state index contributed by atoms with van der Waals surface area (Å²) < 4.78 is 65.1. The van der Waals surface area contributed by atoms with E-state index in [9.17, 15) is 18.0 Å². The second-order valence-corrected chi connectivity index (χ2v) is 9.79. The van der Waals surface area contributed by atoms with Crippen LogP contribution in [0.5, 0.6) is 23.0 Å². The van der Waals surface area contributed by atoms with Crippen molar-refractivity contribution < 1.29 is 36.9 Å². The zero-order chi connectivity index (χ0) is 28.8. The van der Waals surface area contributed by atoms with Crippen LogP contribution in [0.3, 0.4) is 0 Å². The van der Waals surface area contributed by atoms with E-state index in [-0.39, 0.29) is 23.8 Å². The Bertz CT molecular complexity index is 1420. The van der Waals surface area contributed by atoms with Gasteiger partial charge in [-0.1, -0.05) is 6.07 Å². The summed E-state index contributed by atoms with van der Waals surface area (Å²) >= 11 is 0. The fraction of sp³-hybridized carbons (Fsp3) is 0.429. The summed E-state index contributed by atoms with van der Waals surface area (Å²) in [5.74, 6) is 1.62. The second-order valence-electron chi connectivity index (χ2n) is 9.79. The lowest BCUT2D eigenvalue weighted by Crippen LogP contribution is -2.40. The van der Waals surface area contributed by atoms with Crippen LogP contribution in [0.25, 0.3) is 0 Å². The van der Waals surface area contributed by atoms with E-state index in [1.54, 1.807) is 30.2 Å². The lowest BCUT2D eigenvalue weighted by Gasteiger charge is -2.37. The Morgan fingerprint density at radius 3 is 2.27 bits per heavy atom. The van der Waals surface area contributed by atoms with E-state index in [2.05, 4.69) is 10.4 Å². The van der Waals surface area contributed by atoms with Crippen LogP contribution in [-0.4, -0.2) is 61.7 Å². The number of carbonyl (C=O) groups is 1. The van der Waals surface area contributed by atoms with E-state index in [0.29, 0.717) is 41.5 Å². The topological polar surface area (TPSA) is 87.1 Å². The van der Waals surface area contributed by atoms with E-state index < -0.39 is 24.2 Å². The average Bonchev–Trinajstić information content (AvgIpc) is 3.39. The standard InChI is InChI=1S/C28H31F3N4O5/c1-15-18-12-24(40-5)23(39-4)10-16(18)8-9-34(15)27(36)19-14-32-35-25(28(29,30)31)13-20(33-26(19)35)17-6-7-21(37-2)22(11-17)38-3/h6-7,10-12,14-15,20,25,33H,8-9,13H2,1-5H3/t15?,20-,25+/m1/s1. The molecule has 2 aromatic carbocycles. The number of halogens is 3. The fourth-order valence-electron chi connectivity index (χ4n) is 5.58. The van der Waals surface area contributed by atoms with Gasteiger partial charge in [-0.05, 0) is 54.3 Å². The van der Waals surface area contributed by atoms with Gasteiger partial charge in [-0.3, -0.25) is 4.79 Å². The highest BCUT2D eigenvalue weighted by Crippen LogP contribution is 2.46. The second kappa shape index (κ2) is 10.5. The third-order valence-corrected chi connectivity index (χ3v) is 7.72. The summed E-state index contributed by atoms with van der Waals surface area (Å²) in [6.07, 6.45) is -3.11. The van der Waals surface area contributed by atoms with Crippen molar-refractivity contribution in [2.75, 3.05) is 40.3 Å². The third kappa shape index (κ3) is 4.65. The highest BCUT2D eigenvalue weighted by molar-refractivity contribution is 5.99. The molecular weight excluding hydrogens is 529 g/mol. The van der Waals surface area contributed by atoms with Gasteiger partial charge < -0.3 is 29.2 Å². The zero-order valence-electron chi connectivity index (χ0n) is 22.8. The van der Waals surface area contributed by atoms with E-state index in [4.69, 9.17) is 18.9 Å². The van der Waals surface area contributed by atoms with Crippen LogP contribution in [0.2, 0.25) is 0 Å². The lowest BCUT2D eigenvalue weighted by molar-refractivity contribution is -0.173. The van der Waals surface area contributed by atoms with Gasteiger partial charge in [0.25, 0.3) is 5.91 Å². The molecule has 1 unspecified atom stereocenters. The number of ether oxygens (including phenoxy) is 4. The molecule has 9 nitrogen and oxygen atoms in total. The van der Waals surface area contributed by atoms with Crippen molar-refractivity contribution in [1.29, 1.82) is 0 Å². The van der Waals surface area contributed by atoms with Gasteiger partial charge in [-0.2, -0.15) is 18.3 Å². The minimum Gasteiger partial charge on any atom is -0.493 e. The molecule has 0 fully saturated rings. The van der Waals surface area contributed by atoms with Crippen molar-refractivity contribution in [3.63, 3.8) is 0 Å². The van der Waals surface area contributed by atoms with Crippen LogP contribution in [0.1, 0.15) is 58.5 Å². The molecule has 0 saturated carbocycles. The molecule has 0 aliphatic carbocycles. The van der Waals surface area contributed by atoms with Crippen LogP contribution >= 0.6 is 0 Å². The highest BCUT2D eigenvalue weighted by Gasteiger charge is 2.48. The maximum atomic E-state index is 14.2. The minimum absolute atomic E-state index is 0.0312. The Morgan fingerprint density at radius 2 is 1.62 bits per heavy atom. The number of hydrogen-bond acceptors (Lipinski definition) is 7. The van der Waals surface area contributed by atoms with Crippen LogP contribution in [0, 0.1) is 0 Å². The number of amides is 1. The molecule has 3 heterocycles. The highest BCUT2D eigenvalue weighted by atomic mass is 19.4. The summed E-state index contributed by atoms with van der Waals surface area (Å²) in [7, 11) is 6.05. The summed E-state index contributed by atoms with van der Waals surface area (Å²) in [4.78, 5) is 15.5. The summed E-state index contributed by atoms with van der Waals surface area (Å²) in [6, 6.07) is 5.70. The molecule has 2 aliphatic heterocycles. The number of anilines is 1. The van der Waals surface area contributed by atoms with Crippen molar-refractivity contribution in [3.05, 3.63) is 58.8 Å². The van der Waals surface area contributed by atoms with Gasteiger partial charge >= 0.3 is 6.18 Å². The molecular formula is C28H31F3N4O5. The molecule has 0 saturated heterocycles. The van der Waals surface area contributed by atoms with Gasteiger partial charge in [-0.15, -0.1) is 0 Å². The van der Waals surface area contributed by atoms with E-state index in [1.807, 2.05) is 19.1 Å². The molecule has 3 atom stereocenters. The average molecular weight is 561 g/mol. The summed E-state index contributed by atoms with van der Waals surface area (Å²) in [5, 5.41) is 7.19. The Hall–Kier alpha value is -4.09. The molecule has 214 valence electrons. The Kier molecular flexibility index (Phi) is 7.19. The van der Waals surface area contributed by atoms with Gasteiger partial charge in [0.05, 0.1) is 46.7 Å². The normalized spacial score (nSPS) is 20.2. The number of hydrogen-bond donors (Lipinski definition) is 1. The first-order chi connectivity index (χ1) is 19.1. The first-order valence-electron chi connectivity index (χ1n) is 12.8. The van der Waals surface area contributed by atoms with Gasteiger partial charge in [0.1, 0.15) is 11.4 Å². The smallest absolute Gasteiger partial charge is 0.410 e. The summed E-state index contributed by atoms with van der Waals surface area (Å²) in [6.45, 7) is 2.27. The molecule has 12 heteroatoms. The number of nitrogens with zero attached hydrogens (tertiary/aromatic N) is 3. The van der Waals surface area contributed by atoms with Crippen LogP contribution < -0.4 is 24.3 Å². The van der Waals surface area contributed by atoms with Gasteiger partial charge in [0.2, 0.25) is 0 Å². The molecule has 1 aromatic heterocycles. The van der Waals surface area contributed by atoms with Gasteiger partial charge in [0, 0.05) is 13.0 Å². The van der Waals surface area contributed by atoms with E-state index >= 15 is 0 Å². The van der Waals surface area contributed by atoms with Crippen molar-refractivity contribution in [1.82, 2.24) is 14.7 Å². The number of alkyl halides is 3. The summed E-state index contributed by atoms with van der Waals surface area (Å²) in [5.41, 5.74) is 2.56. The van der Waals surface area contributed by atoms with Crippen molar-refractivity contribution in [2.45, 2.75) is 44.1 Å². The van der Waals surface area contributed by atoms with Crippen LogP contribution in [0.15, 0.2) is 36.5 Å². The molecule has 1 N–H and O–H groups in total. The monoisotopic (exact) mass is 560 g/mol. The quantitative estimate of drug-likeness (QED) is 0.436. The number of benzene rings is 2. The molecule has 0 bridgehead atoms. The van der Waals surface area contributed by atoms with Crippen molar-refractivity contribution in [3.8, 4) is 23.0 Å². The predicted molar refractivity (Wildman–Crippen MR) is 141 cm³/mol. The van der Waals surface area contributed by atoms with Crippen LogP contribution in [-0.2, 0) is 6.42 Å². The maximum absolute atomic E-state index is 14.2. The lowest BCUT2D eigenvalue weighted by atomic mass is 9.92. The largest absolute Gasteiger partial charge is 0.493 e. The van der Waals surface area contributed by atoms with Gasteiger partial charge in [0.15, 0.2) is 29.0 Å². The molecule has 3 aromatic rings. The third-order valence-electron chi connectivity index (χ3n) is 7.72. The van der Waals surface area contributed by atoms with Gasteiger partial charge in [-0.25, -0.2) is 4.68 Å². The number of aromatic nitrogens is 2. The fourth-order valence-corrected chi connectivity index (χ4v) is 5.58. The number of rotatable bonds is 6. The number of fused-ring (bicyclic) bond motifs is 2. The molecule has 40 heavy (non-hydrogen) atoms.